The summed E-state index contributed by atoms with van der Waals surface area (Å²) in [6.45, 7) is 0. The van der Waals surface area contributed by atoms with E-state index in [-0.39, 0.29) is 12.4 Å². The van der Waals surface area contributed by atoms with Gasteiger partial charge >= 0.3 is 6.18 Å². The third-order valence-electron chi connectivity index (χ3n) is 2.46. The standard InChI is InChI=1S/C13H10F3N3O/c14-13(15,16)10-4-2-9(3-5-10)8-11(20)19-12-17-6-1-7-18-12/h1-7H,8H2,(H,17,18,19,20). The number of rotatable bonds is 3. The van der Waals surface area contributed by atoms with Crippen molar-refractivity contribution in [1.29, 1.82) is 0 Å². The molecule has 20 heavy (non-hydrogen) atoms. The molecule has 1 N–H and O–H groups in total. The zero-order chi connectivity index (χ0) is 14.6. The summed E-state index contributed by atoms with van der Waals surface area (Å²) in [4.78, 5) is 19.3. The Hall–Kier alpha value is -2.44. The number of hydrogen-bond donors (Lipinski definition) is 1. The molecule has 1 aromatic carbocycles. The molecule has 0 spiro atoms. The summed E-state index contributed by atoms with van der Waals surface area (Å²) in [5.41, 5.74) is -0.264. The first-order chi connectivity index (χ1) is 9.45. The normalized spacial score (nSPS) is 11.2. The van der Waals surface area contributed by atoms with E-state index in [1.54, 1.807) is 6.07 Å². The molecule has 0 atom stereocenters. The second-order valence-electron chi connectivity index (χ2n) is 3.99. The van der Waals surface area contributed by atoms with Gasteiger partial charge in [0.2, 0.25) is 11.9 Å². The van der Waals surface area contributed by atoms with E-state index in [1.807, 2.05) is 0 Å². The van der Waals surface area contributed by atoms with Gasteiger partial charge < -0.3 is 0 Å². The van der Waals surface area contributed by atoms with E-state index in [1.165, 1.54) is 24.5 Å². The molecule has 0 aliphatic carbocycles. The van der Waals surface area contributed by atoms with E-state index in [4.69, 9.17) is 0 Å². The average Bonchev–Trinajstić information content (AvgIpc) is 2.39. The molecule has 7 heteroatoms. The lowest BCUT2D eigenvalue weighted by Crippen LogP contribution is -2.16. The Labute approximate surface area is 112 Å². The summed E-state index contributed by atoms with van der Waals surface area (Å²) in [5, 5.41) is 2.45. The SMILES string of the molecule is O=C(Cc1ccc(C(F)(F)F)cc1)Nc1ncccn1. The average molecular weight is 281 g/mol. The summed E-state index contributed by atoms with van der Waals surface area (Å²) in [5.74, 6) is -0.236. The largest absolute Gasteiger partial charge is 0.416 e. The molecule has 2 aromatic rings. The molecule has 0 unspecified atom stereocenters. The Morgan fingerprint density at radius 3 is 2.25 bits per heavy atom. The van der Waals surface area contributed by atoms with Crippen LogP contribution >= 0.6 is 0 Å². The summed E-state index contributed by atoms with van der Waals surface area (Å²) in [6.07, 6.45) is -1.48. The predicted octanol–water partition coefficient (Wildman–Crippen LogP) is 2.68. The Morgan fingerprint density at radius 1 is 1.10 bits per heavy atom. The van der Waals surface area contributed by atoms with E-state index in [0.29, 0.717) is 5.56 Å². The van der Waals surface area contributed by atoms with Gasteiger partial charge in [0.05, 0.1) is 12.0 Å². The number of nitrogens with one attached hydrogen (secondary N) is 1. The second-order valence-corrected chi connectivity index (χ2v) is 3.99. The summed E-state index contributed by atoms with van der Waals surface area (Å²) >= 11 is 0. The molecular formula is C13H10F3N3O. The molecule has 2 rings (SSSR count). The highest BCUT2D eigenvalue weighted by molar-refractivity contribution is 5.90. The quantitative estimate of drug-likeness (QED) is 0.941. The summed E-state index contributed by atoms with van der Waals surface area (Å²) < 4.78 is 37.1. The van der Waals surface area contributed by atoms with Gasteiger partial charge in [-0.1, -0.05) is 12.1 Å². The van der Waals surface area contributed by atoms with Gasteiger partial charge in [-0.3, -0.25) is 10.1 Å². The van der Waals surface area contributed by atoms with Crippen molar-refractivity contribution in [3.8, 4) is 0 Å². The number of aromatic nitrogens is 2. The van der Waals surface area contributed by atoms with Crippen LogP contribution in [0.5, 0.6) is 0 Å². The minimum absolute atomic E-state index is 0.0452. The zero-order valence-electron chi connectivity index (χ0n) is 10.2. The van der Waals surface area contributed by atoms with Gasteiger partial charge in [-0.15, -0.1) is 0 Å². The van der Waals surface area contributed by atoms with Crippen LogP contribution in [0.3, 0.4) is 0 Å². The lowest BCUT2D eigenvalue weighted by Gasteiger charge is -2.07. The van der Waals surface area contributed by atoms with Gasteiger partial charge in [0, 0.05) is 12.4 Å². The minimum atomic E-state index is -4.38. The number of carbonyl (C=O) groups is 1. The maximum absolute atomic E-state index is 12.4. The second kappa shape index (κ2) is 5.68. The topological polar surface area (TPSA) is 54.9 Å². The molecule has 1 heterocycles. The smallest absolute Gasteiger partial charge is 0.294 e. The molecule has 0 radical (unpaired) electrons. The zero-order valence-corrected chi connectivity index (χ0v) is 10.2. The maximum Gasteiger partial charge on any atom is 0.416 e. The van der Waals surface area contributed by atoms with E-state index in [9.17, 15) is 18.0 Å². The van der Waals surface area contributed by atoms with Crippen LogP contribution in [0.2, 0.25) is 0 Å². The maximum atomic E-state index is 12.4. The molecule has 0 saturated heterocycles. The molecule has 0 aliphatic rings. The third-order valence-corrected chi connectivity index (χ3v) is 2.46. The number of amides is 1. The monoisotopic (exact) mass is 281 g/mol. The number of hydrogen-bond acceptors (Lipinski definition) is 3. The van der Waals surface area contributed by atoms with Crippen LogP contribution in [-0.2, 0) is 17.4 Å². The van der Waals surface area contributed by atoms with Gasteiger partial charge in [-0.05, 0) is 23.8 Å². The number of anilines is 1. The van der Waals surface area contributed by atoms with Crippen molar-refractivity contribution in [3.63, 3.8) is 0 Å². The third kappa shape index (κ3) is 3.78. The van der Waals surface area contributed by atoms with E-state index in [0.717, 1.165) is 12.1 Å². The van der Waals surface area contributed by atoms with Crippen LogP contribution in [0.1, 0.15) is 11.1 Å². The van der Waals surface area contributed by atoms with Crippen LogP contribution in [0.4, 0.5) is 19.1 Å². The fraction of sp³-hybridized carbons (Fsp3) is 0.154. The molecule has 0 bridgehead atoms. The van der Waals surface area contributed by atoms with Crippen molar-refractivity contribution < 1.29 is 18.0 Å². The van der Waals surface area contributed by atoms with E-state index in [2.05, 4.69) is 15.3 Å². The Bertz CT molecular complexity index is 582. The van der Waals surface area contributed by atoms with Crippen molar-refractivity contribution in [2.45, 2.75) is 12.6 Å². The molecule has 0 fully saturated rings. The molecule has 1 amide bonds. The molecule has 1 aromatic heterocycles. The fourth-order valence-electron chi connectivity index (χ4n) is 1.53. The van der Waals surface area contributed by atoms with Crippen LogP contribution < -0.4 is 5.32 Å². The van der Waals surface area contributed by atoms with Gasteiger partial charge in [-0.2, -0.15) is 13.2 Å². The van der Waals surface area contributed by atoms with E-state index >= 15 is 0 Å². The number of halogens is 3. The molecular weight excluding hydrogens is 271 g/mol. The molecule has 0 aliphatic heterocycles. The van der Waals surface area contributed by atoms with Crippen molar-refractivity contribution in [2.75, 3.05) is 5.32 Å². The number of carbonyl (C=O) groups excluding carboxylic acids is 1. The number of alkyl halides is 3. The first-order valence-electron chi connectivity index (χ1n) is 5.68. The first kappa shape index (κ1) is 14.0. The minimum Gasteiger partial charge on any atom is -0.294 e. The van der Waals surface area contributed by atoms with Gasteiger partial charge in [0.25, 0.3) is 0 Å². The van der Waals surface area contributed by atoms with E-state index < -0.39 is 17.6 Å². The Balaban J connectivity index is 1.98. The number of nitrogens with zero attached hydrogens (tertiary/aromatic N) is 2. The summed E-state index contributed by atoms with van der Waals surface area (Å²) in [6, 6.07) is 6.04. The van der Waals surface area contributed by atoms with Gasteiger partial charge in [0.15, 0.2) is 0 Å². The van der Waals surface area contributed by atoms with Crippen LogP contribution in [-0.4, -0.2) is 15.9 Å². The fourth-order valence-corrected chi connectivity index (χ4v) is 1.53. The van der Waals surface area contributed by atoms with Crippen LogP contribution in [0, 0.1) is 0 Å². The van der Waals surface area contributed by atoms with Crippen LogP contribution in [0.15, 0.2) is 42.7 Å². The molecule has 104 valence electrons. The van der Waals surface area contributed by atoms with Gasteiger partial charge in [0.1, 0.15) is 0 Å². The van der Waals surface area contributed by atoms with Crippen LogP contribution in [0.25, 0.3) is 0 Å². The first-order valence-corrected chi connectivity index (χ1v) is 5.68. The van der Waals surface area contributed by atoms with Crippen molar-refractivity contribution >= 4 is 11.9 Å². The highest BCUT2D eigenvalue weighted by Crippen LogP contribution is 2.29. The lowest BCUT2D eigenvalue weighted by atomic mass is 10.1. The highest BCUT2D eigenvalue weighted by Gasteiger charge is 2.29. The molecule has 0 saturated carbocycles. The van der Waals surface area contributed by atoms with Crippen molar-refractivity contribution in [1.82, 2.24) is 9.97 Å². The van der Waals surface area contributed by atoms with Gasteiger partial charge in [-0.25, -0.2) is 9.97 Å². The van der Waals surface area contributed by atoms with Crippen molar-refractivity contribution in [3.05, 3.63) is 53.9 Å². The summed E-state index contributed by atoms with van der Waals surface area (Å²) in [7, 11) is 0. The molecule has 4 nitrogen and oxygen atoms in total. The Kier molecular flexibility index (Phi) is 3.97. The Morgan fingerprint density at radius 2 is 1.70 bits per heavy atom. The van der Waals surface area contributed by atoms with Crippen molar-refractivity contribution in [2.24, 2.45) is 0 Å². The predicted molar refractivity (Wildman–Crippen MR) is 65.8 cm³/mol. The number of benzene rings is 1. The highest BCUT2D eigenvalue weighted by atomic mass is 19.4. The lowest BCUT2D eigenvalue weighted by molar-refractivity contribution is -0.137.